The Kier molecular flexibility index (Phi) is 4.81. The Hall–Kier alpha value is -1.28. The Balaban J connectivity index is 2.73. The van der Waals surface area contributed by atoms with Crippen molar-refractivity contribution in [2.45, 2.75) is 30.5 Å². The fourth-order valence-electron chi connectivity index (χ4n) is 1.53. The molecule has 1 rings (SSSR count). The third-order valence-electron chi connectivity index (χ3n) is 2.38. The molecule has 0 fully saturated rings. The molecule has 19 heavy (non-hydrogen) atoms. The molecule has 0 spiro atoms. The van der Waals surface area contributed by atoms with Gasteiger partial charge in [0.15, 0.2) is 0 Å². The van der Waals surface area contributed by atoms with Gasteiger partial charge in [-0.1, -0.05) is 0 Å². The average molecular weight is 296 g/mol. The maximum Gasteiger partial charge on any atom is 0.391 e. The fourth-order valence-corrected chi connectivity index (χ4v) is 2.26. The van der Waals surface area contributed by atoms with Crippen molar-refractivity contribution >= 4 is 15.7 Å². The van der Waals surface area contributed by atoms with Crippen molar-refractivity contribution in [3.63, 3.8) is 0 Å². The quantitative estimate of drug-likeness (QED) is 0.877. The van der Waals surface area contributed by atoms with Crippen LogP contribution in [0, 0.1) is 0 Å². The van der Waals surface area contributed by atoms with Crippen molar-refractivity contribution in [2.75, 3.05) is 12.4 Å². The highest BCUT2D eigenvalue weighted by Gasteiger charge is 2.29. The fraction of sp³-hybridized carbons (Fsp3) is 0.455. The summed E-state index contributed by atoms with van der Waals surface area (Å²) in [7, 11) is -2.25. The van der Waals surface area contributed by atoms with Crippen LogP contribution in [0.1, 0.15) is 13.3 Å². The molecule has 1 unspecified atom stereocenters. The molecule has 0 aliphatic rings. The summed E-state index contributed by atoms with van der Waals surface area (Å²) in [5, 5.41) is 2.66. The summed E-state index contributed by atoms with van der Waals surface area (Å²) < 4.78 is 61.5. The zero-order chi connectivity index (χ0) is 14.7. The van der Waals surface area contributed by atoms with Crippen LogP contribution in [0.4, 0.5) is 18.9 Å². The van der Waals surface area contributed by atoms with Crippen molar-refractivity contribution in [3.8, 4) is 0 Å². The minimum atomic E-state index is -4.23. The van der Waals surface area contributed by atoms with E-state index in [0.717, 1.165) is 0 Å². The summed E-state index contributed by atoms with van der Waals surface area (Å²) in [5.41, 5.74) is 0.437. The Bertz CT molecular complexity index is 512. The number of halogens is 3. The molecule has 0 saturated carbocycles. The highest BCUT2D eigenvalue weighted by molar-refractivity contribution is 7.89. The third kappa shape index (κ3) is 5.07. The summed E-state index contributed by atoms with van der Waals surface area (Å²) >= 11 is 0. The summed E-state index contributed by atoms with van der Waals surface area (Å²) in [4.78, 5) is 0.0593. The summed E-state index contributed by atoms with van der Waals surface area (Å²) in [5.74, 6) is 0. The van der Waals surface area contributed by atoms with E-state index in [0.29, 0.717) is 5.69 Å². The minimum absolute atomic E-state index is 0.0593. The first kappa shape index (κ1) is 15.8. The maximum absolute atomic E-state index is 12.1. The van der Waals surface area contributed by atoms with Crippen molar-refractivity contribution in [1.82, 2.24) is 4.72 Å². The van der Waals surface area contributed by atoms with Gasteiger partial charge < -0.3 is 5.32 Å². The van der Waals surface area contributed by atoms with Crippen LogP contribution in [0.15, 0.2) is 29.2 Å². The smallest absolute Gasteiger partial charge is 0.382 e. The van der Waals surface area contributed by atoms with E-state index < -0.39 is 28.7 Å². The molecule has 108 valence electrons. The summed E-state index contributed by atoms with van der Waals surface area (Å²) in [6, 6.07) is 4.73. The van der Waals surface area contributed by atoms with Gasteiger partial charge in [-0.25, -0.2) is 13.1 Å². The molecule has 0 aliphatic carbocycles. The van der Waals surface area contributed by atoms with Gasteiger partial charge in [-0.05, 0) is 38.2 Å². The third-order valence-corrected chi connectivity index (χ3v) is 3.81. The Morgan fingerprint density at radius 1 is 1.21 bits per heavy atom. The number of anilines is 1. The molecule has 8 heteroatoms. The van der Waals surface area contributed by atoms with Gasteiger partial charge in [0.2, 0.25) is 10.0 Å². The van der Waals surface area contributed by atoms with E-state index in [1.807, 2.05) is 0 Å². The van der Waals surface area contributed by atoms with Crippen LogP contribution in [-0.4, -0.2) is 27.7 Å². The van der Waals surface area contributed by atoms with Gasteiger partial charge in [0, 0.05) is 11.7 Å². The predicted molar refractivity (Wildman–Crippen MR) is 66.4 cm³/mol. The highest BCUT2D eigenvalue weighted by Crippen LogP contribution is 2.23. The van der Waals surface area contributed by atoms with Gasteiger partial charge in [-0.3, -0.25) is 0 Å². The summed E-state index contributed by atoms with van der Waals surface area (Å²) in [6.07, 6.45) is -5.19. The number of alkyl halides is 3. The normalized spacial score (nSPS) is 14.2. The summed E-state index contributed by atoms with van der Waals surface area (Å²) in [6.45, 7) is 1.41. The van der Waals surface area contributed by atoms with Gasteiger partial charge in [-0.2, -0.15) is 13.2 Å². The number of hydrogen-bond acceptors (Lipinski definition) is 3. The van der Waals surface area contributed by atoms with E-state index in [1.165, 1.54) is 38.2 Å². The van der Waals surface area contributed by atoms with E-state index in [-0.39, 0.29) is 4.90 Å². The molecule has 4 nitrogen and oxygen atoms in total. The largest absolute Gasteiger partial charge is 0.391 e. The SMILES string of the molecule is CNS(=O)(=O)c1ccc(NC(C)CC(F)(F)F)cc1. The van der Waals surface area contributed by atoms with Crippen molar-refractivity contribution in [1.29, 1.82) is 0 Å². The van der Waals surface area contributed by atoms with E-state index in [4.69, 9.17) is 0 Å². The van der Waals surface area contributed by atoms with Gasteiger partial charge >= 0.3 is 6.18 Å². The molecule has 0 aromatic heterocycles. The average Bonchev–Trinajstić information content (AvgIpc) is 2.27. The van der Waals surface area contributed by atoms with E-state index in [9.17, 15) is 21.6 Å². The topological polar surface area (TPSA) is 58.2 Å². The lowest BCUT2D eigenvalue weighted by Crippen LogP contribution is -2.24. The number of benzene rings is 1. The first-order valence-corrected chi connectivity index (χ1v) is 6.99. The minimum Gasteiger partial charge on any atom is -0.382 e. The van der Waals surface area contributed by atoms with Crippen LogP contribution in [-0.2, 0) is 10.0 Å². The van der Waals surface area contributed by atoms with Gasteiger partial charge in [-0.15, -0.1) is 0 Å². The molecule has 1 atom stereocenters. The molecule has 0 bridgehead atoms. The van der Waals surface area contributed by atoms with E-state index in [2.05, 4.69) is 10.0 Å². The van der Waals surface area contributed by atoms with Crippen LogP contribution in [0.25, 0.3) is 0 Å². The molecule has 0 heterocycles. The van der Waals surface area contributed by atoms with Crippen molar-refractivity contribution in [2.24, 2.45) is 0 Å². The molecule has 1 aromatic rings. The number of nitrogens with one attached hydrogen (secondary N) is 2. The van der Waals surface area contributed by atoms with Crippen LogP contribution in [0.3, 0.4) is 0 Å². The number of sulfonamides is 1. The molecule has 0 saturated heterocycles. The standard InChI is InChI=1S/C11H15F3N2O2S/c1-8(7-11(12,13)14)16-9-3-5-10(6-4-9)19(17,18)15-2/h3-6,8,15-16H,7H2,1-2H3. The Morgan fingerprint density at radius 2 is 1.74 bits per heavy atom. The first-order chi connectivity index (χ1) is 8.64. The van der Waals surface area contributed by atoms with E-state index in [1.54, 1.807) is 0 Å². The zero-order valence-corrected chi connectivity index (χ0v) is 11.3. The lowest BCUT2D eigenvalue weighted by Gasteiger charge is -2.17. The molecule has 0 radical (unpaired) electrons. The molecule has 2 N–H and O–H groups in total. The Labute approximate surface area is 110 Å². The monoisotopic (exact) mass is 296 g/mol. The van der Waals surface area contributed by atoms with Gasteiger partial charge in [0.25, 0.3) is 0 Å². The lowest BCUT2D eigenvalue weighted by atomic mass is 10.2. The lowest BCUT2D eigenvalue weighted by molar-refractivity contribution is -0.136. The molecule has 1 aromatic carbocycles. The number of hydrogen-bond donors (Lipinski definition) is 2. The Morgan fingerprint density at radius 3 is 2.16 bits per heavy atom. The van der Waals surface area contributed by atoms with Crippen LogP contribution in [0.5, 0.6) is 0 Å². The van der Waals surface area contributed by atoms with Crippen LogP contribution < -0.4 is 10.0 Å². The van der Waals surface area contributed by atoms with Crippen molar-refractivity contribution < 1.29 is 21.6 Å². The molecule has 0 amide bonds. The van der Waals surface area contributed by atoms with Crippen LogP contribution in [0.2, 0.25) is 0 Å². The second kappa shape index (κ2) is 5.79. The molecular formula is C11H15F3N2O2S. The first-order valence-electron chi connectivity index (χ1n) is 5.51. The predicted octanol–water partition coefficient (Wildman–Crippen LogP) is 2.35. The van der Waals surface area contributed by atoms with Gasteiger partial charge in [0.05, 0.1) is 11.3 Å². The molecule has 0 aliphatic heterocycles. The maximum atomic E-state index is 12.1. The van der Waals surface area contributed by atoms with Crippen molar-refractivity contribution in [3.05, 3.63) is 24.3 Å². The highest BCUT2D eigenvalue weighted by atomic mass is 32.2. The zero-order valence-electron chi connectivity index (χ0n) is 10.5. The van der Waals surface area contributed by atoms with Crippen LogP contribution >= 0.6 is 0 Å². The second-order valence-corrected chi connectivity index (χ2v) is 5.98. The number of rotatable bonds is 5. The van der Waals surface area contributed by atoms with E-state index >= 15 is 0 Å². The second-order valence-electron chi connectivity index (χ2n) is 4.10. The molecular weight excluding hydrogens is 281 g/mol. The van der Waals surface area contributed by atoms with Gasteiger partial charge in [0.1, 0.15) is 0 Å².